The molecular weight excluding hydrogens is 475 g/mol. The Kier molecular flexibility index (Phi) is 5.36. The van der Waals surface area contributed by atoms with Crippen LogP contribution in [0, 0.1) is 0 Å². The number of ether oxygens (including phenoxy) is 1. The number of hydrogen-bond donors (Lipinski definition) is 0. The molecule has 2 heterocycles. The van der Waals surface area contributed by atoms with Gasteiger partial charge in [0.15, 0.2) is 4.96 Å². The van der Waals surface area contributed by atoms with Gasteiger partial charge in [0.1, 0.15) is 12.4 Å². The molecule has 3 aromatic carbocycles. The van der Waals surface area contributed by atoms with Gasteiger partial charge >= 0.3 is 0 Å². The smallest absolute Gasteiger partial charge is 0.274 e. The van der Waals surface area contributed by atoms with Crippen LogP contribution in [-0.2, 0) is 6.61 Å². The van der Waals surface area contributed by atoms with Crippen LogP contribution in [0.3, 0.4) is 0 Å². The number of halogens is 3. The van der Waals surface area contributed by atoms with Gasteiger partial charge in [0.2, 0.25) is 0 Å². The molecule has 0 radical (unpaired) electrons. The van der Waals surface area contributed by atoms with Crippen molar-refractivity contribution in [3.05, 3.63) is 102 Å². The Balaban J connectivity index is 1.62. The minimum atomic E-state index is -0.151. The number of thiazole rings is 1. The maximum atomic E-state index is 13.1. The van der Waals surface area contributed by atoms with E-state index in [9.17, 15) is 4.79 Å². The molecule has 5 aromatic rings. The predicted octanol–water partition coefficient (Wildman–Crippen LogP) is 6.00. The SMILES string of the molecule is O=c1c(=Cc2cc(Cl)cc(Cl)c2OCc2ccccc2Cl)sc2nc3ccccc3n12. The van der Waals surface area contributed by atoms with Gasteiger partial charge in [-0.05, 0) is 36.4 Å². The number of benzene rings is 3. The average molecular weight is 488 g/mol. The lowest BCUT2D eigenvalue weighted by Gasteiger charge is -2.12. The third kappa shape index (κ3) is 3.79. The van der Waals surface area contributed by atoms with E-state index in [1.807, 2.05) is 42.5 Å². The van der Waals surface area contributed by atoms with Crippen LogP contribution in [0.4, 0.5) is 0 Å². The van der Waals surface area contributed by atoms with E-state index in [0.29, 0.717) is 35.9 Å². The van der Waals surface area contributed by atoms with E-state index in [0.717, 1.165) is 16.6 Å². The molecule has 4 nitrogen and oxygen atoms in total. The average Bonchev–Trinajstić information content (AvgIpc) is 3.25. The Bertz CT molecular complexity index is 1560. The fourth-order valence-electron chi connectivity index (χ4n) is 3.36. The summed E-state index contributed by atoms with van der Waals surface area (Å²) < 4.78 is 8.12. The van der Waals surface area contributed by atoms with E-state index < -0.39 is 0 Å². The van der Waals surface area contributed by atoms with Gasteiger partial charge in [-0.15, -0.1) is 0 Å². The van der Waals surface area contributed by atoms with Crippen molar-refractivity contribution >= 4 is 68.2 Å². The number of imidazole rings is 1. The summed E-state index contributed by atoms with van der Waals surface area (Å²) in [4.78, 5) is 18.3. The van der Waals surface area contributed by atoms with Crippen LogP contribution in [0.1, 0.15) is 11.1 Å². The van der Waals surface area contributed by atoms with Gasteiger partial charge in [0.05, 0.1) is 20.6 Å². The van der Waals surface area contributed by atoms with Crippen LogP contribution in [0.15, 0.2) is 65.5 Å². The number of fused-ring (bicyclic) bond motifs is 3. The third-order valence-electron chi connectivity index (χ3n) is 4.80. The van der Waals surface area contributed by atoms with Gasteiger partial charge in [0, 0.05) is 21.2 Å². The summed E-state index contributed by atoms with van der Waals surface area (Å²) in [5.74, 6) is 0.432. The normalized spacial score (nSPS) is 12.2. The van der Waals surface area contributed by atoms with Crippen LogP contribution in [-0.4, -0.2) is 9.38 Å². The van der Waals surface area contributed by atoms with Gasteiger partial charge in [-0.25, -0.2) is 9.38 Å². The molecule has 154 valence electrons. The second-order valence-electron chi connectivity index (χ2n) is 6.82. The molecule has 0 atom stereocenters. The van der Waals surface area contributed by atoms with Crippen molar-refractivity contribution in [3.8, 4) is 5.75 Å². The first-order valence-electron chi connectivity index (χ1n) is 9.28. The molecule has 0 amide bonds. The summed E-state index contributed by atoms with van der Waals surface area (Å²) in [6.45, 7) is 0.227. The van der Waals surface area contributed by atoms with Crippen molar-refractivity contribution in [3.63, 3.8) is 0 Å². The van der Waals surface area contributed by atoms with Crippen LogP contribution in [0.2, 0.25) is 15.1 Å². The number of nitrogens with zero attached hydrogens (tertiary/aromatic N) is 2. The lowest BCUT2D eigenvalue weighted by atomic mass is 10.2. The molecule has 0 saturated heterocycles. The zero-order valence-electron chi connectivity index (χ0n) is 15.8. The molecule has 0 unspecified atom stereocenters. The lowest BCUT2D eigenvalue weighted by molar-refractivity contribution is 0.306. The lowest BCUT2D eigenvalue weighted by Crippen LogP contribution is -2.22. The summed E-state index contributed by atoms with van der Waals surface area (Å²) >= 11 is 20.2. The number of para-hydroxylation sites is 2. The maximum Gasteiger partial charge on any atom is 0.274 e. The minimum absolute atomic E-state index is 0.151. The summed E-state index contributed by atoms with van der Waals surface area (Å²) in [7, 11) is 0. The van der Waals surface area contributed by atoms with Crippen molar-refractivity contribution in [1.29, 1.82) is 0 Å². The molecule has 0 aliphatic carbocycles. The van der Waals surface area contributed by atoms with Crippen LogP contribution < -0.4 is 14.8 Å². The highest BCUT2D eigenvalue weighted by atomic mass is 35.5. The molecule has 8 heteroatoms. The largest absolute Gasteiger partial charge is 0.487 e. The second kappa shape index (κ2) is 8.17. The topological polar surface area (TPSA) is 43.6 Å². The van der Waals surface area contributed by atoms with Crippen LogP contribution >= 0.6 is 46.1 Å². The van der Waals surface area contributed by atoms with Gasteiger partial charge < -0.3 is 4.74 Å². The van der Waals surface area contributed by atoms with Crippen molar-refractivity contribution in [2.24, 2.45) is 0 Å². The summed E-state index contributed by atoms with van der Waals surface area (Å²) in [5, 5.41) is 1.40. The summed E-state index contributed by atoms with van der Waals surface area (Å²) in [5.41, 5.74) is 2.84. The zero-order valence-corrected chi connectivity index (χ0v) is 18.9. The highest BCUT2D eigenvalue weighted by Crippen LogP contribution is 2.34. The van der Waals surface area contributed by atoms with Gasteiger partial charge in [-0.3, -0.25) is 4.79 Å². The maximum absolute atomic E-state index is 13.1. The van der Waals surface area contributed by atoms with E-state index in [-0.39, 0.29) is 12.2 Å². The number of aromatic nitrogens is 2. The van der Waals surface area contributed by atoms with E-state index in [1.165, 1.54) is 11.3 Å². The van der Waals surface area contributed by atoms with Gasteiger partial charge in [0.25, 0.3) is 5.56 Å². The highest BCUT2D eigenvalue weighted by molar-refractivity contribution is 7.15. The molecule has 0 aliphatic rings. The monoisotopic (exact) mass is 486 g/mol. The van der Waals surface area contributed by atoms with Gasteiger partial charge in [-0.2, -0.15) is 0 Å². The molecule has 0 fully saturated rings. The molecule has 0 saturated carbocycles. The second-order valence-corrected chi connectivity index (χ2v) is 9.08. The molecule has 5 rings (SSSR count). The summed E-state index contributed by atoms with van der Waals surface area (Å²) in [6.07, 6.45) is 1.73. The predicted molar refractivity (Wildman–Crippen MR) is 128 cm³/mol. The first-order valence-corrected chi connectivity index (χ1v) is 11.2. The number of rotatable bonds is 4. The third-order valence-corrected chi connectivity index (χ3v) is 6.64. The van der Waals surface area contributed by atoms with E-state index in [4.69, 9.17) is 39.5 Å². The van der Waals surface area contributed by atoms with Gasteiger partial charge in [-0.1, -0.05) is 76.5 Å². The Labute approximate surface area is 195 Å². The Morgan fingerprint density at radius 3 is 2.61 bits per heavy atom. The van der Waals surface area contributed by atoms with Crippen molar-refractivity contribution in [1.82, 2.24) is 9.38 Å². The first kappa shape index (κ1) is 20.3. The molecule has 0 bridgehead atoms. The zero-order chi connectivity index (χ0) is 21.5. The standard InChI is InChI=1S/C23H13Cl3N2O2S/c24-15-9-14(21(17(26)11-15)30-12-13-5-1-2-6-16(13)25)10-20-22(29)28-19-8-4-3-7-18(19)27-23(28)31-20/h1-11H,12H2. The first-order chi connectivity index (χ1) is 15.0. The molecular formula is C23H13Cl3N2O2S. The van der Waals surface area contributed by atoms with E-state index >= 15 is 0 Å². The van der Waals surface area contributed by atoms with Crippen molar-refractivity contribution in [2.45, 2.75) is 6.61 Å². The Morgan fingerprint density at radius 2 is 1.77 bits per heavy atom. The molecule has 0 aliphatic heterocycles. The molecule has 0 N–H and O–H groups in total. The van der Waals surface area contributed by atoms with Crippen molar-refractivity contribution in [2.75, 3.05) is 0 Å². The van der Waals surface area contributed by atoms with Crippen LogP contribution in [0.5, 0.6) is 5.75 Å². The van der Waals surface area contributed by atoms with Crippen LogP contribution in [0.25, 0.3) is 22.1 Å². The van der Waals surface area contributed by atoms with E-state index in [1.54, 1.807) is 28.7 Å². The minimum Gasteiger partial charge on any atom is -0.487 e. The Hall–Kier alpha value is -2.57. The fourth-order valence-corrected chi connectivity index (χ4v) is 5.09. The number of hydrogen-bond acceptors (Lipinski definition) is 4. The van der Waals surface area contributed by atoms with Crippen molar-refractivity contribution < 1.29 is 4.74 Å². The molecule has 0 spiro atoms. The fraction of sp³-hybridized carbons (Fsp3) is 0.0435. The molecule has 31 heavy (non-hydrogen) atoms. The summed E-state index contributed by atoms with van der Waals surface area (Å²) in [6, 6.07) is 18.3. The Morgan fingerprint density at radius 1 is 1.00 bits per heavy atom. The highest BCUT2D eigenvalue weighted by Gasteiger charge is 2.14. The quantitative estimate of drug-likeness (QED) is 0.312. The van der Waals surface area contributed by atoms with E-state index in [2.05, 4.69) is 4.98 Å². The molecule has 2 aromatic heterocycles.